The van der Waals surface area contributed by atoms with Crippen molar-refractivity contribution >= 4 is 6.09 Å². The Kier molecular flexibility index (Phi) is 4.06. The molecule has 3 fully saturated rings. The van der Waals surface area contributed by atoms with Gasteiger partial charge in [0.2, 0.25) is 0 Å². The van der Waals surface area contributed by atoms with E-state index < -0.39 is 6.09 Å². The first-order valence-electron chi connectivity index (χ1n) is 10.2. The van der Waals surface area contributed by atoms with Crippen LogP contribution >= 0.6 is 0 Å². The number of benzene rings is 2. The molecule has 4 aliphatic heterocycles. The zero-order valence-corrected chi connectivity index (χ0v) is 15.6. The van der Waals surface area contributed by atoms with Crippen LogP contribution in [0.15, 0.2) is 54.6 Å². The Morgan fingerprint density at radius 2 is 1.70 bits per heavy atom. The van der Waals surface area contributed by atoms with Crippen LogP contribution in [0.2, 0.25) is 0 Å². The fourth-order valence-corrected chi connectivity index (χ4v) is 5.95. The molecule has 4 heterocycles. The van der Waals surface area contributed by atoms with Gasteiger partial charge in [0.05, 0.1) is 13.1 Å². The van der Waals surface area contributed by atoms with Gasteiger partial charge in [-0.05, 0) is 31.5 Å². The van der Waals surface area contributed by atoms with Gasteiger partial charge in [-0.2, -0.15) is 4.79 Å². The van der Waals surface area contributed by atoms with Crippen LogP contribution in [0.4, 0.5) is 4.79 Å². The van der Waals surface area contributed by atoms with Crippen molar-refractivity contribution in [3.8, 4) is 0 Å². The molecule has 0 aliphatic carbocycles. The summed E-state index contributed by atoms with van der Waals surface area (Å²) < 4.78 is 0.169. The summed E-state index contributed by atoms with van der Waals surface area (Å²) in [5, 5.41) is 10.7. The fourth-order valence-electron chi connectivity index (χ4n) is 5.95. The van der Waals surface area contributed by atoms with E-state index in [1.165, 1.54) is 11.1 Å². The molecule has 1 N–H and O–H groups in total. The van der Waals surface area contributed by atoms with E-state index in [0.717, 1.165) is 44.5 Å². The molecular weight excluding hydrogens is 336 g/mol. The molecule has 2 aromatic rings. The summed E-state index contributed by atoms with van der Waals surface area (Å²) in [7, 11) is 0. The highest BCUT2D eigenvalue weighted by Crippen LogP contribution is 2.47. The quantitative estimate of drug-likeness (QED) is 0.822. The van der Waals surface area contributed by atoms with Crippen LogP contribution < -0.4 is 0 Å². The molecule has 4 nitrogen and oxygen atoms in total. The van der Waals surface area contributed by atoms with Gasteiger partial charge in [0.15, 0.2) is 6.04 Å². The van der Waals surface area contributed by atoms with Crippen LogP contribution in [-0.4, -0.2) is 52.8 Å². The molecule has 6 rings (SSSR count). The SMILES string of the molecule is O=C(O)[N@+]1([C@H]2CN3CCC2CC3)CCc2ccccc2C1c1ccccc1. The maximum atomic E-state index is 13.0. The van der Waals surface area contributed by atoms with Crippen molar-refractivity contribution in [1.29, 1.82) is 0 Å². The molecular formula is C23H27N2O2+. The van der Waals surface area contributed by atoms with Gasteiger partial charge in [-0.25, -0.2) is 4.48 Å². The van der Waals surface area contributed by atoms with E-state index in [1.807, 2.05) is 18.2 Å². The van der Waals surface area contributed by atoms with Crippen molar-refractivity contribution in [3.05, 3.63) is 71.3 Å². The Hall–Kier alpha value is -2.17. The zero-order valence-electron chi connectivity index (χ0n) is 15.6. The van der Waals surface area contributed by atoms with E-state index >= 15 is 0 Å². The van der Waals surface area contributed by atoms with Crippen LogP contribution in [0.1, 0.15) is 35.6 Å². The first-order valence-corrected chi connectivity index (χ1v) is 10.2. The van der Waals surface area contributed by atoms with E-state index in [2.05, 4.69) is 41.3 Å². The number of amides is 1. The number of piperidine rings is 3. The minimum Gasteiger partial charge on any atom is -0.435 e. The van der Waals surface area contributed by atoms with Gasteiger partial charge in [0, 0.05) is 23.5 Å². The van der Waals surface area contributed by atoms with Crippen LogP contribution in [0.25, 0.3) is 0 Å². The molecule has 1 unspecified atom stereocenters. The number of hydrogen-bond acceptors (Lipinski definition) is 2. The van der Waals surface area contributed by atoms with E-state index in [9.17, 15) is 9.90 Å². The summed E-state index contributed by atoms with van der Waals surface area (Å²) in [6, 6.07) is 18.8. The van der Waals surface area contributed by atoms with E-state index in [4.69, 9.17) is 0 Å². The maximum absolute atomic E-state index is 13.0. The number of carbonyl (C=O) groups is 1. The van der Waals surface area contributed by atoms with Crippen LogP contribution in [0.5, 0.6) is 0 Å². The summed E-state index contributed by atoms with van der Waals surface area (Å²) in [6.07, 6.45) is 2.47. The van der Waals surface area contributed by atoms with Gasteiger partial charge in [-0.3, -0.25) is 4.90 Å². The molecule has 3 atom stereocenters. The largest absolute Gasteiger partial charge is 0.514 e. The predicted molar refractivity (Wildman–Crippen MR) is 105 cm³/mol. The predicted octanol–water partition coefficient (Wildman–Crippen LogP) is 3.92. The van der Waals surface area contributed by atoms with Crippen molar-refractivity contribution in [3.63, 3.8) is 0 Å². The van der Waals surface area contributed by atoms with E-state index in [1.54, 1.807) is 0 Å². The smallest absolute Gasteiger partial charge is 0.435 e. The van der Waals surface area contributed by atoms with Crippen LogP contribution in [-0.2, 0) is 6.42 Å². The Morgan fingerprint density at radius 3 is 2.37 bits per heavy atom. The Bertz CT molecular complexity index is 844. The summed E-state index contributed by atoms with van der Waals surface area (Å²) in [4.78, 5) is 15.5. The van der Waals surface area contributed by atoms with Gasteiger partial charge >= 0.3 is 6.09 Å². The van der Waals surface area contributed by atoms with Crippen LogP contribution in [0, 0.1) is 5.92 Å². The molecule has 27 heavy (non-hydrogen) atoms. The molecule has 0 spiro atoms. The number of carboxylic acid groups (broad SMARTS) is 1. The second-order valence-corrected chi connectivity index (χ2v) is 8.40. The Morgan fingerprint density at radius 1 is 1.00 bits per heavy atom. The maximum Gasteiger partial charge on any atom is 0.514 e. The third kappa shape index (κ3) is 2.54. The highest BCUT2D eigenvalue weighted by Gasteiger charge is 2.58. The van der Waals surface area contributed by atoms with E-state index in [0.29, 0.717) is 12.5 Å². The molecule has 2 aromatic carbocycles. The fraction of sp³-hybridized carbons (Fsp3) is 0.435. The molecule has 2 bridgehead atoms. The second kappa shape index (κ2) is 6.47. The average Bonchev–Trinajstić information content (AvgIpc) is 2.74. The van der Waals surface area contributed by atoms with Crippen LogP contribution in [0.3, 0.4) is 0 Å². The van der Waals surface area contributed by atoms with Gasteiger partial charge in [-0.15, -0.1) is 0 Å². The van der Waals surface area contributed by atoms with Gasteiger partial charge < -0.3 is 5.11 Å². The second-order valence-electron chi connectivity index (χ2n) is 8.40. The third-order valence-corrected chi connectivity index (χ3v) is 7.25. The summed E-state index contributed by atoms with van der Waals surface area (Å²) >= 11 is 0. The number of rotatable bonds is 2. The van der Waals surface area contributed by atoms with Crippen molar-refractivity contribution in [2.24, 2.45) is 5.92 Å². The lowest BCUT2D eigenvalue weighted by atomic mass is 9.77. The molecule has 4 aliphatic rings. The number of quaternary nitrogens is 1. The van der Waals surface area contributed by atoms with Crippen molar-refractivity contribution in [2.75, 3.05) is 26.2 Å². The van der Waals surface area contributed by atoms with Gasteiger partial charge in [0.1, 0.15) is 6.04 Å². The first-order chi connectivity index (χ1) is 13.2. The normalized spacial score (nSPS) is 34.8. The van der Waals surface area contributed by atoms with Gasteiger partial charge in [0.25, 0.3) is 0 Å². The molecule has 140 valence electrons. The first kappa shape index (κ1) is 17.0. The minimum absolute atomic E-state index is 0.126. The third-order valence-electron chi connectivity index (χ3n) is 7.25. The standard InChI is InChI=1S/C23H26N2O2/c26-23(27)25(21-16-24-13-10-18(21)11-14-24)15-12-17-6-4-5-9-20(17)22(25)19-7-2-1-3-8-19/h1-9,18,21-22H,10-16H2/p+1/t21-,22?,25-/m0/s1. The van der Waals surface area contributed by atoms with Crippen molar-refractivity contribution in [2.45, 2.75) is 31.3 Å². The molecule has 0 saturated carbocycles. The van der Waals surface area contributed by atoms with E-state index in [-0.39, 0.29) is 16.6 Å². The monoisotopic (exact) mass is 363 g/mol. The molecule has 3 saturated heterocycles. The Balaban J connectivity index is 1.70. The summed E-state index contributed by atoms with van der Waals surface area (Å²) in [5.41, 5.74) is 3.64. The molecule has 0 aromatic heterocycles. The number of fused-ring (bicyclic) bond motifs is 4. The topological polar surface area (TPSA) is 40.5 Å². The number of nitrogens with zero attached hydrogens (tertiary/aromatic N) is 2. The lowest BCUT2D eigenvalue weighted by Gasteiger charge is -2.55. The Labute approximate surface area is 160 Å². The van der Waals surface area contributed by atoms with Gasteiger partial charge in [-0.1, -0.05) is 54.6 Å². The highest BCUT2D eigenvalue weighted by atomic mass is 16.4. The summed E-state index contributed by atoms with van der Waals surface area (Å²) in [5.74, 6) is 0.516. The lowest BCUT2D eigenvalue weighted by Crippen LogP contribution is -2.71. The van der Waals surface area contributed by atoms with Crippen molar-refractivity contribution < 1.29 is 14.4 Å². The zero-order chi connectivity index (χ0) is 18.4. The molecule has 4 heteroatoms. The van der Waals surface area contributed by atoms with Crippen molar-refractivity contribution in [1.82, 2.24) is 4.90 Å². The number of hydrogen-bond donors (Lipinski definition) is 1. The average molecular weight is 363 g/mol. The lowest BCUT2D eigenvalue weighted by molar-refractivity contribution is -0.914. The molecule has 0 radical (unpaired) electrons. The summed E-state index contributed by atoms with van der Waals surface area (Å²) in [6.45, 7) is 3.87. The molecule has 1 amide bonds. The minimum atomic E-state index is -0.655. The highest BCUT2D eigenvalue weighted by molar-refractivity contribution is 5.59.